The first kappa shape index (κ1) is 19.1. The maximum absolute atomic E-state index is 13.3. The van der Waals surface area contributed by atoms with Gasteiger partial charge in [0.05, 0.1) is 0 Å². The van der Waals surface area contributed by atoms with E-state index in [2.05, 4.69) is 5.32 Å². The van der Waals surface area contributed by atoms with Crippen molar-refractivity contribution in [3.8, 4) is 0 Å². The fourth-order valence-electron chi connectivity index (χ4n) is 2.90. The van der Waals surface area contributed by atoms with Crippen LogP contribution in [0, 0.1) is 12.7 Å². The molecule has 1 fully saturated rings. The topological polar surface area (TPSA) is 78.9 Å². The highest BCUT2D eigenvalue weighted by Gasteiger charge is 2.49. The highest BCUT2D eigenvalue weighted by atomic mass is 35.5. The smallest absolute Gasteiger partial charge is 0.407 e. The quantitative estimate of drug-likeness (QED) is 0.783. The maximum Gasteiger partial charge on any atom is 0.410 e. The number of ether oxygens (including phenoxy) is 1. The van der Waals surface area contributed by atoms with E-state index in [1.54, 1.807) is 18.2 Å². The third-order valence-electron chi connectivity index (χ3n) is 4.19. The summed E-state index contributed by atoms with van der Waals surface area (Å²) < 4.78 is 18.3. The number of hydrogen-bond donors (Lipinski definition) is 2. The van der Waals surface area contributed by atoms with Crippen LogP contribution in [0.1, 0.15) is 17.5 Å². The molecule has 1 atom stereocenters. The van der Waals surface area contributed by atoms with Gasteiger partial charge in [-0.05, 0) is 48.4 Å². The number of nitrogens with one attached hydrogen (secondary N) is 1. The molecule has 0 bridgehead atoms. The molecular weight excluding hydrogens is 375 g/mol. The van der Waals surface area contributed by atoms with Gasteiger partial charge in [0, 0.05) is 30.2 Å². The summed E-state index contributed by atoms with van der Waals surface area (Å²) in [5.74, 6) is -3.49. The number of amides is 2. The Bertz CT molecular complexity index is 872. The van der Waals surface area contributed by atoms with Gasteiger partial charge in [-0.3, -0.25) is 4.79 Å². The minimum atomic E-state index is -2.24. The number of hydrogen-bond acceptors (Lipinski definition) is 4. The van der Waals surface area contributed by atoms with Gasteiger partial charge in [0.15, 0.2) is 0 Å². The van der Waals surface area contributed by atoms with Gasteiger partial charge in [-0.25, -0.2) is 9.18 Å². The van der Waals surface area contributed by atoms with Crippen LogP contribution in [0.3, 0.4) is 0 Å². The average Bonchev–Trinajstić information content (AvgIpc) is 2.87. The number of alkyl carbamates (subject to hydrolysis) is 1. The lowest BCUT2D eigenvalue weighted by Gasteiger charge is -2.22. The van der Waals surface area contributed by atoms with Crippen molar-refractivity contribution < 1.29 is 23.8 Å². The molecule has 1 aliphatic heterocycles. The molecule has 3 rings (SSSR count). The van der Waals surface area contributed by atoms with Crippen LogP contribution in [-0.4, -0.2) is 29.4 Å². The number of carbonyl (C=O) groups is 2. The molecule has 0 aromatic heterocycles. The second kappa shape index (κ2) is 7.54. The molecule has 6 nitrogen and oxygen atoms in total. The van der Waals surface area contributed by atoms with Crippen molar-refractivity contribution in [1.29, 1.82) is 0 Å². The number of rotatable bonds is 4. The van der Waals surface area contributed by atoms with Gasteiger partial charge in [0.2, 0.25) is 0 Å². The SMILES string of the molecule is Cc1cccc(N2CC[C@](O)(OC(=O)NCc3cc(F)cc(Cl)c3)C2=O)c1. The summed E-state index contributed by atoms with van der Waals surface area (Å²) in [4.78, 5) is 25.9. The molecule has 27 heavy (non-hydrogen) atoms. The highest BCUT2D eigenvalue weighted by Crippen LogP contribution is 2.29. The van der Waals surface area contributed by atoms with Crippen LogP contribution < -0.4 is 10.2 Å². The Labute approximate surface area is 160 Å². The molecule has 2 amide bonds. The van der Waals surface area contributed by atoms with Gasteiger partial charge in [-0.15, -0.1) is 0 Å². The summed E-state index contributed by atoms with van der Waals surface area (Å²) in [5.41, 5.74) is 2.00. The van der Waals surface area contributed by atoms with E-state index < -0.39 is 23.6 Å². The molecule has 1 heterocycles. The van der Waals surface area contributed by atoms with Gasteiger partial charge >= 0.3 is 6.09 Å². The third kappa shape index (κ3) is 4.37. The van der Waals surface area contributed by atoms with E-state index in [0.717, 1.165) is 11.6 Å². The Hall–Kier alpha value is -2.64. The van der Waals surface area contributed by atoms with Crippen LogP contribution in [-0.2, 0) is 16.1 Å². The normalized spacial score (nSPS) is 19.3. The summed E-state index contributed by atoms with van der Waals surface area (Å²) in [6.07, 6.45) is -1.05. The van der Waals surface area contributed by atoms with Crippen molar-refractivity contribution >= 4 is 29.3 Å². The van der Waals surface area contributed by atoms with Gasteiger partial charge in [-0.1, -0.05) is 23.7 Å². The number of carbonyl (C=O) groups excluding carboxylic acids is 2. The Morgan fingerprint density at radius 1 is 1.37 bits per heavy atom. The fraction of sp³-hybridized carbons (Fsp3) is 0.263. The van der Waals surface area contributed by atoms with E-state index in [1.807, 2.05) is 13.0 Å². The van der Waals surface area contributed by atoms with Crippen molar-refractivity contribution in [2.45, 2.75) is 25.7 Å². The first-order valence-electron chi connectivity index (χ1n) is 8.30. The molecule has 0 spiro atoms. The van der Waals surface area contributed by atoms with Crippen LogP contribution in [0.2, 0.25) is 5.02 Å². The third-order valence-corrected chi connectivity index (χ3v) is 4.41. The monoisotopic (exact) mass is 392 g/mol. The maximum atomic E-state index is 13.3. The standard InChI is InChI=1S/C19H18ClFN2O4/c1-12-3-2-4-16(7-12)23-6-5-19(26,17(23)24)27-18(25)22-11-13-8-14(20)10-15(21)9-13/h2-4,7-10,26H,5-6,11H2,1H3,(H,22,25)/t19-/m0/s1. The molecule has 1 aliphatic rings. The van der Waals surface area contributed by atoms with Crippen molar-refractivity contribution in [1.82, 2.24) is 5.32 Å². The van der Waals surface area contributed by atoms with E-state index in [-0.39, 0.29) is 24.5 Å². The van der Waals surface area contributed by atoms with Crippen LogP contribution in [0.25, 0.3) is 0 Å². The van der Waals surface area contributed by atoms with E-state index >= 15 is 0 Å². The molecule has 0 unspecified atom stereocenters. The van der Waals surface area contributed by atoms with Crippen molar-refractivity contribution in [2.75, 3.05) is 11.4 Å². The van der Waals surface area contributed by atoms with Crippen molar-refractivity contribution in [2.24, 2.45) is 0 Å². The van der Waals surface area contributed by atoms with Gasteiger partial charge in [0.1, 0.15) is 5.82 Å². The molecule has 0 radical (unpaired) electrons. The molecule has 0 aliphatic carbocycles. The van der Waals surface area contributed by atoms with Crippen molar-refractivity contribution in [3.63, 3.8) is 0 Å². The van der Waals surface area contributed by atoms with Crippen molar-refractivity contribution in [3.05, 3.63) is 64.4 Å². The summed E-state index contributed by atoms with van der Waals surface area (Å²) in [6, 6.07) is 11.1. The molecule has 1 saturated heterocycles. The van der Waals surface area contributed by atoms with Gasteiger partial charge in [0.25, 0.3) is 11.7 Å². The van der Waals surface area contributed by atoms with E-state index in [1.165, 1.54) is 17.0 Å². The average molecular weight is 393 g/mol. The lowest BCUT2D eigenvalue weighted by Crippen LogP contribution is -2.46. The van der Waals surface area contributed by atoms with Gasteiger partial charge < -0.3 is 20.1 Å². The number of nitrogens with zero attached hydrogens (tertiary/aromatic N) is 1. The second-order valence-corrected chi connectivity index (χ2v) is 6.79. The number of aryl methyl sites for hydroxylation is 1. The molecule has 8 heteroatoms. The largest absolute Gasteiger partial charge is 0.410 e. The molecule has 2 N–H and O–H groups in total. The predicted molar refractivity (Wildman–Crippen MR) is 97.8 cm³/mol. The van der Waals surface area contributed by atoms with E-state index in [4.69, 9.17) is 16.3 Å². The Kier molecular flexibility index (Phi) is 5.34. The number of aliphatic hydroxyl groups is 1. The Morgan fingerprint density at radius 3 is 2.85 bits per heavy atom. The molecule has 2 aromatic rings. The summed E-state index contributed by atoms with van der Waals surface area (Å²) in [6.45, 7) is 2.03. The molecule has 2 aromatic carbocycles. The minimum Gasteiger partial charge on any atom is -0.407 e. The number of halogens is 2. The van der Waals surface area contributed by atoms with Crippen LogP contribution in [0.5, 0.6) is 0 Å². The lowest BCUT2D eigenvalue weighted by atomic mass is 10.2. The molecule has 0 saturated carbocycles. The predicted octanol–water partition coefficient (Wildman–Crippen LogP) is 3.14. The summed E-state index contributed by atoms with van der Waals surface area (Å²) >= 11 is 5.76. The first-order chi connectivity index (χ1) is 12.8. The van der Waals surface area contributed by atoms with E-state index in [0.29, 0.717) is 11.3 Å². The summed E-state index contributed by atoms with van der Waals surface area (Å²) in [7, 11) is 0. The minimum absolute atomic E-state index is 0.0566. The van der Waals surface area contributed by atoms with Crippen LogP contribution >= 0.6 is 11.6 Å². The Morgan fingerprint density at radius 2 is 2.15 bits per heavy atom. The summed E-state index contributed by atoms with van der Waals surface area (Å²) in [5, 5.41) is 13.0. The second-order valence-electron chi connectivity index (χ2n) is 6.35. The molecular formula is C19H18ClFN2O4. The molecule has 142 valence electrons. The van der Waals surface area contributed by atoms with Crippen LogP contribution in [0.4, 0.5) is 14.9 Å². The highest BCUT2D eigenvalue weighted by molar-refractivity contribution is 6.30. The number of anilines is 1. The first-order valence-corrected chi connectivity index (χ1v) is 8.67. The number of benzene rings is 2. The lowest BCUT2D eigenvalue weighted by molar-refractivity contribution is -0.175. The fourth-order valence-corrected chi connectivity index (χ4v) is 3.14. The van der Waals surface area contributed by atoms with E-state index in [9.17, 15) is 19.1 Å². The zero-order valence-electron chi connectivity index (χ0n) is 14.5. The zero-order valence-corrected chi connectivity index (χ0v) is 15.3. The van der Waals surface area contributed by atoms with Crippen LogP contribution in [0.15, 0.2) is 42.5 Å². The zero-order chi connectivity index (χ0) is 19.6. The Balaban J connectivity index is 1.62. The van der Waals surface area contributed by atoms with Gasteiger partial charge in [-0.2, -0.15) is 0 Å².